The molecule has 0 heterocycles. The molecule has 0 radical (unpaired) electrons. The Bertz CT molecular complexity index is 617. The highest BCUT2D eigenvalue weighted by Gasteiger charge is 2.14. The van der Waals surface area contributed by atoms with Gasteiger partial charge < -0.3 is 4.74 Å². The average Bonchev–Trinajstić information content (AvgIpc) is 2.53. The van der Waals surface area contributed by atoms with E-state index in [1.807, 2.05) is 24.3 Å². The summed E-state index contributed by atoms with van der Waals surface area (Å²) in [5.41, 5.74) is 5.05. The average molecular weight is 285 g/mol. The molecular weight excluding hydrogens is 268 g/mol. The van der Waals surface area contributed by atoms with E-state index in [0.29, 0.717) is 12.5 Å². The van der Waals surface area contributed by atoms with E-state index in [1.165, 1.54) is 22.3 Å². The molecule has 1 aliphatic carbocycles. The van der Waals surface area contributed by atoms with Crippen LogP contribution in [0.25, 0.3) is 6.08 Å². The topological polar surface area (TPSA) is 9.23 Å². The van der Waals surface area contributed by atoms with Gasteiger partial charge in [-0.2, -0.15) is 0 Å². The van der Waals surface area contributed by atoms with E-state index in [4.69, 9.17) is 16.3 Å². The summed E-state index contributed by atoms with van der Waals surface area (Å²) in [7, 11) is 0. The number of ether oxygens (including phenoxy) is 1. The predicted molar refractivity (Wildman–Crippen MR) is 84.2 cm³/mol. The van der Waals surface area contributed by atoms with Crippen LogP contribution in [0.4, 0.5) is 0 Å². The molecule has 0 spiro atoms. The summed E-state index contributed by atoms with van der Waals surface area (Å²) in [6.45, 7) is 0.614. The molecule has 1 aliphatic rings. The van der Waals surface area contributed by atoms with Gasteiger partial charge in [0.25, 0.3) is 0 Å². The Morgan fingerprint density at radius 3 is 2.60 bits per heavy atom. The number of halogens is 1. The van der Waals surface area contributed by atoms with Crippen molar-refractivity contribution in [3.63, 3.8) is 0 Å². The van der Waals surface area contributed by atoms with E-state index < -0.39 is 0 Å². The first-order valence-corrected chi connectivity index (χ1v) is 7.44. The molecule has 0 amide bonds. The van der Waals surface area contributed by atoms with Gasteiger partial charge in [0, 0.05) is 11.4 Å². The van der Waals surface area contributed by atoms with Crippen LogP contribution in [0.5, 0.6) is 5.75 Å². The van der Waals surface area contributed by atoms with Crippen LogP contribution < -0.4 is 4.74 Å². The van der Waals surface area contributed by atoms with Crippen molar-refractivity contribution in [3.8, 4) is 5.75 Å². The third kappa shape index (κ3) is 2.88. The van der Waals surface area contributed by atoms with Crippen LogP contribution in [0, 0.1) is 0 Å². The number of benzene rings is 2. The van der Waals surface area contributed by atoms with Gasteiger partial charge in [-0.05, 0) is 30.0 Å². The Morgan fingerprint density at radius 1 is 0.950 bits per heavy atom. The molecule has 2 aromatic rings. The third-order valence-corrected chi connectivity index (χ3v) is 3.98. The van der Waals surface area contributed by atoms with Crippen LogP contribution in [0.15, 0.2) is 54.1 Å². The van der Waals surface area contributed by atoms with Gasteiger partial charge >= 0.3 is 0 Å². The fourth-order valence-corrected chi connectivity index (χ4v) is 2.75. The SMILES string of the molecule is ClCC1=Cc2cccc(OCc3ccccc3)c2CC1. The lowest BCUT2D eigenvalue weighted by Crippen LogP contribution is -2.04. The normalized spacial score (nSPS) is 13.6. The van der Waals surface area contributed by atoms with Crippen LogP contribution in [0.1, 0.15) is 23.1 Å². The lowest BCUT2D eigenvalue weighted by molar-refractivity contribution is 0.302. The highest BCUT2D eigenvalue weighted by molar-refractivity contribution is 6.19. The van der Waals surface area contributed by atoms with Gasteiger partial charge in [0.1, 0.15) is 12.4 Å². The number of alkyl halides is 1. The third-order valence-electron chi connectivity index (χ3n) is 3.63. The number of allylic oxidation sites excluding steroid dienone is 1. The van der Waals surface area contributed by atoms with Crippen LogP contribution >= 0.6 is 11.6 Å². The van der Waals surface area contributed by atoms with Crippen molar-refractivity contribution in [2.45, 2.75) is 19.4 Å². The zero-order valence-electron chi connectivity index (χ0n) is 11.3. The van der Waals surface area contributed by atoms with Gasteiger partial charge in [-0.25, -0.2) is 0 Å². The molecule has 2 heteroatoms. The molecule has 0 aromatic heterocycles. The maximum Gasteiger partial charge on any atom is 0.123 e. The molecule has 102 valence electrons. The Morgan fingerprint density at radius 2 is 1.80 bits per heavy atom. The Hall–Kier alpha value is -1.73. The Kier molecular flexibility index (Phi) is 4.08. The molecule has 0 fully saturated rings. The van der Waals surface area contributed by atoms with E-state index in [-0.39, 0.29) is 0 Å². The van der Waals surface area contributed by atoms with Crippen LogP contribution in [-0.2, 0) is 13.0 Å². The van der Waals surface area contributed by atoms with Crippen molar-refractivity contribution in [3.05, 3.63) is 70.8 Å². The number of hydrogen-bond acceptors (Lipinski definition) is 1. The predicted octanol–water partition coefficient (Wildman–Crippen LogP) is 4.83. The fourth-order valence-electron chi connectivity index (χ4n) is 2.54. The summed E-state index contributed by atoms with van der Waals surface area (Å²) in [6, 6.07) is 16.5. The largest absolute Gasteiger partial charge is 0.489 e. The van der Waals surface area contributed by atoms with Gasteiger partial charge in [-0.1, -0.05) is 54.1 Å². The maximum absolute atomic E-state index is 6.00. The summed E-state index contributed by atoms with van der Waals surface area (Å²) >= 11 is 5.93. The molecule has 0 N–H and O–H groups in total. The first-order valence-electron chi connectivity index (χ1n) is 6.91. The van der Waals surface area contributed by atoms with Crippen molar-refractivity contribution in [1.82, 2.24) is 0 Å². The zero-order chi connectivity index (χ0) is 13.8. The summed E-state index contributed by atoms with van der Waals surface area (Å²) in [6.07, 6.45) is 4.24. The molecule has 20 heavy (non-hydrogen) atoms. The van der Waals surface area contributed by atoms with Crippen molar-refractivity contribution >= 4 is 17.7 Å². The van der Waals surface area contributed by atoms with Gasteiger partial charge in [0.05, 0.1) is 0 Å². The minimum Gasteiger partial charge on any atom is -0.489 e. The van der Waals surface area contributed by atoms with Crippen molar-refractivity contribution in [2.24, 2.45) is 0 Å². The van der Waals surface area contributed by atoms with Crippen LogP contribution in [-0.4, -0.2) is 5.88 Å². The monoisotopic (exact) mass is 284 g/mol. The second-order valence-corrected chi connectivity index (χ2v) is 5.30. The lowest BCUT2D eigenvalue weighted by Gasteiger charge is -2.19. The number of rotatable bonds is 4. The van der Waals surface area contributed by atoms with Crippen molar-refractivity contribution in [2.75, 3.05) is 5.88 Å². The van der Waals surface area contributed by atoms with Crippen molar-refractivity contribution < 1.29 is 4.74 Å². The molecule has 0 unspecified atom stereocenters. The second kappa shape index (κ2) is 6.15. The number of hydrogen-bond donors (Lipinski definition) is 0. The van der Waals surface area contributed by atoms with E-state index >= 15 is 0 Å². The quantitative estimate of drug-likeness (QED) is 0.731. The van der Waals surface area contributed by atoms with Crippen molar-refractivity contribution in [1.29, 1.82) is 0 Å². The maximum atomic E-state index is 6.00. The molecule has 0 saturated carbocycles. The van der Waals surface area contributed by atoms with E-state index in [1.54, 1.807) is 0 Å². The smallest absolute Gasteiger partial charge is 0.123 e. The Balaban J connectivity index is 1.80. The zero-order valence-corrected chi connectivity index (χ0v) is 12.1. The highest BCUT2D eigenvalue weighted by atomic mass is 35.5. The van der Waals surface area contributed by atoms with E-state index in [2.05, 4.69) is 30.3 Å². The standard InChI is InChI=1S/C18H17ClO/c19-12-15-9-10-17-16(11-15)7-4-8-18(17)20-13-14-5-2-1-3-6-14/h1-8,11H,9-10,12-13H2. The summed E-state index contributed by atoms with van der Waals surface area (Å²) < 4.78 is 6.00. The molecule has 0 aliphatic heterocycles. The molecular formula is C18H17ClO. The minimum absolute atomic E-state index is 0.614. The lowest BCUT2D eigenvalue weighted by atomic mass is 9.92. The minimum atomic E-state index is 0.614. The highest BCUT2D eigenvalue weighted by Crippen LogP contribution is 2.31. The van der Waals surface area contributed by atoms with Crippen LogP contribution in [0.3, 0.4) is 0 Å². The van der Waals surface area contributed by atoms with Gasteiger partial charge in [0.15, 0.2) is 0 Å². The molecule has 2 aromatic carbocycles. The fraction of sp³-hybridized carbons (Fsp3) is 0.222. The molecule has 0 atom stereocenters. The molecule has 0 saturated heterocycles. The first kappa shape index (κ1) is 13.3. The Labute approximate surface area is 124 Å². The molecule has 3 rings (SSSR count). The first-order chi connectivity index (χ1) is 9.86. The second-order valence-electron chi connectivity index (χ2n) is 5.03. The molecule has 1 nitrogen and oxygen atoms in total. The van der Waals surface area contributed by atoms with E-state index in [9.17, 15) is 0 Å². The van der Waals surface area contributed by atoms with Gasteiger partial charge in [-0.3, -0.25) is 0 Å². The van der Waals surface area contributed by atoms with Gasteiger partial charge in [-0.15, -0.1) is 11.6 Å². The van der Waals surface area contributed by atoms with Crippen LogP contribution in [0.2, 0.25) is 0 Å². The summed E-state index contributed by atoms with van der Waals surface area (Å²) in [5.74, 6) is 1.62. The van der Waals surface area contributed by atoms with Gasteiger partial charge in [0.2, 0.25) is 0 Å². The molecule has 0 bridgehead atoms. The summed E-state index contributed by atoms with van der Waals surface area (Å²) in [4.78, 5) is 0. The number of fused-ring (bicyclic) bond motifs is 1. The summed E-state index contributed by atoms with van der Waals surface area (Å²) in [5, 5.41) is 0. The van der Waals surface area contributed by atoms with E-state index in [0.717, 1.165) is 18.6 Å².